The van der Waals surface area contributed by atoms with Gasteiger partial charge in [-0.05, 0) is 49.1 Å². The number of nitriles is 1. The van der Waals surface area contributed by atoms with Crippen molar-refractivity contribution in [1.29, 1.82) is 5.26 Å². The van der Waals surface area contributed by atoms with Crippen LogP contribution in [0.5, 0.6) is 0 Å². The van der Waals surface area contributed by atoms with Crippen LogP contribution in [0.4, 0.5) is 0 Å². The number of piperidine rings is 1. The monoisotopic (exact) mass is 476 g/mol. The Hall–Kier alpha value is -1.63. The summed E-state index contributed by atoms with van der Waals surface area (Å²) < 4.78 is 1.36. The number of halogens is 1. The Balaban J connectivity index is 0.00000204. The van der Waals surface area contributed by atoms with Gasteiger partial charge in [0.15, 0.2) is 0 Å². The largest absolute Gasteiger partial charge is 1.00 e. The number of rotatable bonds is 6. The maximum atomic E-state index is 10.6. The molecule has 4 aliphatic rings. The first-order chi connectivity index (χ1) is 14.6. The third kappa shape index (κ3) is 2.98. The summed E-state index contributed by atoms with van der Waals surface area (Å²) in [6.07, 6.45) is 9.44. The second-order valence-electron chi connectivity index (χ2n) is 11.0. The van der Waals surface area contributed by atoms with Crippen molar-refractivity contribution in [2.24, 2.45) is 17.3 Å². The highest BCUT2D eigenvalue weighted by atomic mass is 79.9. The molecule has 6 rings (SSSR count). The van der Waals surface area contributed by atoms with E-state index in [1.807, 2.05) is 0 Å². The Bertz CT molecular complexity index is 940. The van der Waals surface area contributed by atoms with Gasteiger partial charge in [-0.1, -0.05) is 60.7 Å². The average Bonchev–Trinajstić information content (AvgIpc) is 3.49. The van der Waals surface area contributed by atoms with Gasteiger partial charge in [-0.3, -0.25) is 0 Å². The quantitative estimate of drug-likeness (QED) is 0.587. The highest BCUT2D eigenvalue weighted by Gasteiger charge is 2.78. The van der Waals surface area contributed by atoms with E-state index in [1.54, 1.807) is 0 Å². The van der Waals surface area contributed by atoms with Crippen molar-refractivity contribution in [2.45, 2.75) is 62.4 Å². The summed E-state index contributed by atoms with van der Waals surface area (Å²) in [7, 11) is 2.57. The van der Waals surface area contributed by atoms with E-state index in [0.29, 0.717) is 11.3 Å². The summed E-state index contributed by atoms with van der Waals surface area (Å²) in [6, 6.07) is 25.7. The molecule has 1 spiro atoms. The summed E-state index contributed by atoms with van der Waals surface area (Å²) in [6.45, 7) is 1.42. The Kier molecular flexibility index (Phi) is 5.11. The maximum absolute atomic E-state index is 10.6. The van der Waals surface area contributed by atoms with E-state index in [9.17, 15) is 5.26 Å². The molecule has 3 saturated carbocycles. The van der Waals surface area contributed by atoms with Crippen LogP contribution in [0, 0.1) is 28.6 Å². The van der Waals surface area contributed by atoms with Crippen molar-refractivity contribution in [1.82, 2.24) is 0 Å². The molecule has 0 bridgehead atoms. The van der Waals surface area contributed by atoms with E-state index in [0.717, 1.165) is 35.5 Å². The molecule has 5 atom stereocenters. The average molecular weight is 477 g/mol. The van der Waals surface area contributed by atoms with Crippen molar-refractivity contribution in [3.05, 3.63) is 71.8 Å². The highest BCUT2D eigenvalue weighted by Crippen LogP contribution is 2.71. The van der Waals surface area contributed by atoms with Crippen LogP contribution in [0.1, 0.15) is 56.1 Å². The molecule has 1 aliphatic heterocycles. The van der Waals surface area contributed by atoms with Crippen molar-refractivity contribution in [2.75, 3.05) is 13.6 Å². The molecule has 4 fully saturated rings. The molecular formula is C28H33BrN2. The summed E-state index contributed by atoms with van der Waals surface area (Å²) >= 11 is 0. The number of hydrogen-bond donors (Lipinski definition) is 0. The van der Waals surface area contributed by atoms with Gasteiger partial charge < -0.3 is 21.5 Å². The molecule has 2 aromatic rings. The van der Waals surface area contributed by atoms with E-state index < -0.39 is 5.41 Å². The van der Waals surface area contributed by atoms with E-state index in [4.69, 9.17) is 0 Å². The lowest BCUT2D eigenvalue weighted by atomic mass is 9.51. The zero-order valence-electron chi connectivity index (χ0n) is 18.5. The van der Waals surface area contributed by atoms with Gasteiger partial charge in [0.2, 0.25) is 0 Å². The first kappa shape index (κ1) is 21.2. The molecule has 3 heteroatoms. The summed E-state index contributed by atoms with van der Waals surface area (Å²) in [5, 5.41) is 10.6. The Labute approximate surface area is 197 Å². The topological polar surface area (TPSA) is 23.8 Å². The van der Waals surface area contributed by atoms with Gasteiger partial charge in [-0.2, -0.15) is 5.26 Å². The van der Waals surface area contributed by atoms with Crippen molar-refractivity contribution in [3.63, 3.8) is 0 Å². The molecule has 2 aromatic carbocycles. The van der Waals surface area contributed by atoms with E-state index >= 15 is 0 Å². The van der Waals surface area contributed by atoms with Gasteiger partial charge in [0, 0.05) is 18.8 Å². The molecule has 2 nitrogen and oxygen atoms in total. The third-order valence-corrected chi connectivity index (χ3v) is 9.53. The van der Waals surface area contributed by atoms with Gasteiger partial charge in [0.25, 0.3) is 0 Å². The van der Waals surface area contributed by atoms with Crippen molar-refractivity contribution >= 4 is 0 Å². The van der Waals surface area contributed by atoms with E-state index in [2.05, 4.69) is 73.8 Å². The molecule has 0 amide bonds. The zero-order chi connectivity index (χ0) is 20.4. The summed E-state index contributed by atoms with van der Waals surface area (Å²) in [5.41, 5.74) is 2.40. The molecule has 162 valence electrons. The minimum Gasteiger partial charge on any atom is -1.00 e. The minimum atomic E-state index is -0.535. The van der Waals surface area contributed by atoms with Crippen LogP contribution in [0.2, 0.25) is 0 Å². The molecule has 1 heterocycles. The molecular weight excluding hydrogens is 444 g/mol. The fraction of sp³-hybridized carbons (Fsp3) is 0.536. The number of hydrogen-bond acceptors (Lipinski definition) is 1. The standard InChI is InChI=1S/C28H33N2.BrH/c1-30(19-21-12-13-21)25-14-15-27(25)17-22(16-26(27)30)18-28(20-29,23-8-4-2-5-9-23)24-10-6-3-7-11-24;/h2-11,21-22,25-26H,12-19H2,1H3;1H/q+1;/p-1/t22-,25-,26-,27?,30?;/m0./s1. The first-order valence-corrected chi connectivity index (χ1v) is 12.0. The van der Waals surface area contributed by atoms with Crippen LogP contribution in [-0.2, 0) is 5.41 Å². The third-order valence-electron chi connectivity index (χ3n) is 9.53. The predicted molar refractivity (Wildman–Crippen MR) is 120 cm³/mol. The van der Waals surface area contributed by atoms with Crippen LogP contribution >= 0.6 is 0 Å². The molecule has 2 unspecified atom stereocenters. The summed E-state index contributed by atoms with van der Waals surface area (Å²) in [4.78, 5) is 0. The number of quaternary nitrogens is 1. The zero-order valence-corrected chi connectivity index (χ0v) is 20.1. The van der Waals surface area contributed by atoms with E-state index in [-0.39, 0.29) is 17.0 Å². The molecule has 0 N–H and O–H groups in total. The number of nitrogens with zero attached hydrogens (tertiary/aromatic N) is 2. The second kappa shape index (κ2) is 7.46. The predicted octanol–water partition coefficient (Wildman–Crippen LogP) is 2.69. The normalized spacial score (nSPS) is 35.5. The number of likely N-dealkylation sites (tertiary alicyclic amines) is 1. The van der Waals surface area contributed by atoms with E-state index in [1.165, 1.54) is 49.6 Å². The van der Waals surface area contributed by atoms with Crippen LogP contribution in [0.15, 0.2) is 60.7 Å². The van der Waals surface area contributed by atoms with Crippen LogP contribution < -0.4 is 17.0 Å². The van der Waals surface area contributed by atoms with Gasteiger partial charge in [0.1, 0.15) is 17.5 Å². The fourth-order valence-corrected chi connectivity index (χ4v) is 8.15. The highest BCUT2D eigenvalue weighted by molar-refractivity contribution is 5.46. The lowest BCUT2D eigenvalue weighted by Gasteiger charge is -2.72. The van der Waals surface area contributed by atoms with Crippen LogP contribution in [0.3, 0.4) is 0 Å². The van der Waals surface area contributed by atoms with Gasteiger partial charge in [-0.15, -0.1) is 0 Å². The lowest BCUT2D eigenvalue weighted by Crippen LogP contribution is -3.00. The molecule has 0 radical (unpaired) electrons. The molecule has 31 heavy (non-hydrogen) atoms. The Morgan fingerprint density at radius 1 is 0.935 bits per heavy atom. The van der Waals surface area contributed by atoms with Gasteiger partial charge in [0.05, 0.1) is 25.1 Å². The SMILES string of the molecule is C[N+]1(CC2CC2)[C@H]2CCC23C[C@@H](CC(C#N)(c2ccccc2)c2ccccc2)C[C@@H]31.[Br-]. The summed E-state index contributed by atoms with van der Waals surface area (Å²) in [5.74, 6) is 1.65. The number of benzene rings is 2. The smallest absolute Gasteiger partial charge is 0.107 e. The second-order valence-corrected chi connectivity index (χ2v) is 11.0. The first-order valence-electron chi connectivity index (χ1n) is 12.0. The van der Waals surface area contributed by atoms with Crippen LogP contribution in [-0.4, -0.2) is 30.2 Å². The maximum Gasteiger partial charge on any atom is 0.107 e. The lowest BCUT2D eigenvalue weighted by molar-refractivity contribution is -1.03. The van der Waals surface area contributed by atoms with Gasteiger partial charge >= 0.3 is 0 Å². The molecule has 3 aliphatic carbocycles. The van der Waals surface area contributed by atoms with Gasteiger partial charge in [-0.25, -0.2) is 0 Å². The minimum absolute atomic E-state index is 0. The van der Waals surface area contributed by atoms with Crippen molar-refractivity contribution in [3.8, 4) is 6.07 Å². The Morgan fingerprint density at radius 3 is 2.03 bits per heavy atom. The molecule has 1 saturated heterocycles. The Morgan fingerprint density at radius 2 is 1.55 bits per heavy atom. The van der Waals surface area contributed by atoms with Crippen LogP contribution in [0.25, 0.3) is 0 Å². The molecule has 0 aromatic heterocycles. The fourth-order valence-electron chi connectivity index (χ4n) is 8.15. The van der Waals surface area contributed by atoms with Crippen molar-refractivity contribution < 1.29 is 21.5 Å².